The Balaban J connectivity index is 2.14. The van der Waals surface area contributed by atoms with Gasteiger partial charge in [0.15, 0.2) is 0 Å². The normalized spacial score (nSPS) is 13.1. The molecule has 0 aliphatic heterocycles. The van der Waals surface area contributed by atoms with Crippen molar-refractivity contribution in [1.29, 1.82) is 0 Å². The molecule has 0 bridgehead atoms. The molecular formula is C9H15NO2S. The first kappa shape index (κ1) is 10.6. The van der Waals surface area contributed by atoms with Gasteiger partial charge in [-0.15, -0.1) is 11.3 Å². The average molecular weight is 201 g/mol. The van der Waals surface area contributed by atoms with Crippen molar-refractivity contribution in [2.45, 2.75) is 25.9 Å². The number of hydrogen-bond acceptors (Lipinski definition) is 4. The van der Waals surface area contributed by atoms with Crippen LogP contribution >= 0.6 is 11.3 Å². The maximum absolute atomic E-state index is 9.55. The van der Waals surface area contributed by atoms with E-state index in [1.165, 1.54) is 0 Å². The molecule has 1 N–H and O–H groups in total. The first-order valence-corrected chi connectivity index (χ1v) is 5.34. The van der Waals surface area contributed by atoms with Crippen molar-refractivity contribution in [3.05, 3.63) is 16.6 Å². The lowest BCUT2D eigenvalue weighted by Gasteiger charge is -2.08. The summed E-state index contributed by atoms with van der Waals surface area (Å²) in [6, 6.07) is 0. The van der Waals surface area contributed by atoms with Crippen molar-refractivity contribution < 1.29 is 9.84 Å². The number of aliphatic hydroxyl groups is 1. The van der Waals surface area contributed by atoms with Gasteiger partial charge in [0, 0.05) is 30.7 Å². The molecular weight excluding hydrogens is 186 g/mol. The summed E-state index contributed by atoms with van der Waals surface area (Å²) in [7, 11) is 0. The van der Waals surface area contributed by atoms with Crippen LogP contribution in [-0.4, -0.2) is 29.4 Å². The molecule has 0 radical (unpaired) electrons. The zero-order valence-electron chi connectivity index (χ0n) is 7.77. The second kappa shape index (κ2) is 6.07. The fourth-order valence-electron chi connectivity index (χ4n) is 1.04. The van der Waals surface area contributed by atoms with E-state index in [4.69, 9.17) is 4.74 Å². The predicted octanol–water partition coefficient (Wildman–Crippen LogP) is 1.47. The first-order valence-electron chi connectivity index (χ1n) is 4.46. The summed E-state index contributed by atoms with van der Waals surface area (Å²) in [4.78, 5) is 5.08. The molecule has 0 saturated heterocycles. The van der Waals surface area contributed by atoms with Crippen molar-refractivity contribution in [3.63, 3.8) is 0 Å². The van der Waals surface area contributed by atoms with E-state index in [1.807, 2.05) is 6.92 Å². The van der Waals surface area contributed by atoms with Gasteiger partial charge in [-0.25, -0.2) is 0 Å². The molecule has 0 aliphatic rings. The number of thiazole rings is 1. The Morgan fingerprint density at radius 3 is 3.15 bits per heavy atom. The summed E-state index contributed by atoms with van der Waals surface area (Å²) in [6.45, 7) is 3.30. The summed E-state index contributed by atoms with van der Waals surface area (Å²) < 4.78 is 5.15. The monoisotopic (exact) mass is 201 g/mol. The van der Waals surface area contributed by atoms with E-state index >= 15 is 0 Å². The van der Waals surface area contributed by atoms with Crippen LogP contribution in [0.4, 0.5) is 0 Å². The molecule has 1 aromatic rings. The average Bonchev–Trinajstić information content (AvgIpc) is 2.57. The van der Waals surface area contributed by atoms with Gasteiger partial charge in [-0.1, -0.05) is 0 Å². The van der Waals surface area contributed by atoms with E-state index in [2.05, 4.69) is 4.98 Å². The lowest BCUT2D eigenvalue weighted by molar-refractivity contribution is 0.0891. The van der Waals surface area contributed by atoms with Gasteiger partial charge in [0.05, 0.1) is 11.6 Å². The highest BCUT2D eigenvalue weighted by Crippen LogP contribution is 2.10. The van der Waals surface area contributed by atoms with Crippen LogP contribution in [0.25, 0.3) is 0 Å². The smallest absolute Gasteiger partial charge is 0.0794 e. The van der Waals surface area contributed by atoms with E-state index in [1.54, 1.807) is 23.0 Å². The van der Waals surface area contributed by atoms with E-state index in [9.17, 15) is 5.11 Å². The molecule has 1 aromatic heterocycles. The van der Waals surface area contributed by atoms with Gasteiger partial charge >= 0.3 is 0 Å². The Bertz CT molecular complexity index is 213. The standard InChI is InChI=1S/C9H15NO2S/c1-2-12-4-3-8(11)5-9-6-10-7-13-9/h6-8,11H,2-5H2,1H3. The molecule has 4 heteroatoms. The Labute approximate surface area is 82.4 Å². The van der Waals surface area contributed by atoms with E-state index in [-0.39, 0.29) is 6.10 Å². The number of nitrogens with zero attached hydrogens (tertiary/aromatic N) is 1. The summed E-state index contributed by atoms with van der Waals surface area (Å²) >= 11 is 1.58. The van der Waals surface area contributed by atoms with Gasteiger partial charge in [-0.2, -0.15) is 0 Å². The lowest BCUT2D eigenvalue weighted by atomic mass is 10.2. The molecule has 0 amide bonds. The molecule has 1 unspecified atom stereocenters. The molecule has 13 heavy (non-hydrogen) atoms. The Morgan fingerprint density at radius 1 is 1.69 bits per heavy atom. The molecule has 1 atom stereocenters. The SMILES string of the molecule is CCOCCC(O)Cc1cncs1. The molecule has 0 aliphatic carbocycles. The second-order valence-electron chi connectivity index (χ2n) is 2.81. The third-order valence-electron chi connectivity index (χ3n) is 1.72. The van der Waals surface area contributed by atoms with E-state index in [0.29, 0.717) is 26.1 Å². The highest BCUT2D eigenvalue weighted by Gasteiger charge is 2.06. The van der Waals surface area contributed by atoms with Gasteiger partial charge < -0.3 is 9.84 Å². The summed E-state index contributed by atoms with van der Waals surface area (Å²) in [5, 5.41) is 9.55. The fraction of sp³-hybridized carbons (Fsp3) is 0.667. The minimum Gasteiger partial charge on any atom is -0.393 e. The van der Waals surface area contributed by atoms with Crippen molar-refractivity contribution in [2.24, 2.45) is 0 Å². The van der Waals surface area contributed by atoms with Crippen LogP contribution in [-0.2, 0) is 11.2 Å². The summed E-state index contributed by atoms with van der Waals surface area (Å²) in [5.41, 5.74) is 1.78. The van der Waals surface area contributed by atoms with Crippen LogP contribution in [0.5, 0.6) is 0 Å². The topological polar surface area (TPSA) is 42.4 Å². The van der Waals surface area contributed by atoms with Gasteiger partial charge in [0.25, 0.3) is 0 Å². The molecule has 3 nitrogen and oxygen atoms in total. The maximum atomic E-state index is 9.55. The zero-order valence-corrected chi connectivity index (χ0v) is 8.59. The molecule has 0 spiro atoms. The van der Waals surface area contributed by atoms with Crippen molar-refractivity contribution in [1.82, 2.24) is 4.98 Å². The zero-order chi connectivity index (χ0) is 9.52. The molecule has 74 valence electrons. The number of aromatic nitrogens is 1. The Morgan fingerprint density at radius 2 is 2.54 bits per heavy atom. The summed E-state index contributed by atoms with van der Waals surface area (Å²) in [6.07, 6.45) is 2.89. The highest BCUT2D eigenvalue weighted by molar-refractivity contribution is 7.09. The second-order valence-corrected chi connectivity index (χ2v) is 3.78. The lowest BCUT2D eigenvalue weighted by Crippen LogP contribution is -2.12. The van der Waals surface area contributed by atoms with E-state index in [0.717, 1.165) is 4.88 Å². The van der Waals surface area contributed by atoms with Crippen molar-refractivity contribution in [3.8, 4) is 0 Å². The van der Waals surface area contributed by atoms with Crippen molar-refractivity contribution >= 4 is 11.3 Å². The minimum absolute atomic E-state index is 0.299. The van der Waals surface area contributed by atoms with Crippen LogP contribution < -0.4 is 0 Å². The van der Waals surface area contributed by atoms with Gasteiger partial charge in [-0.3, -0.25) is 4.98 Å². The third kappa shape index (κ3) is 4.36. The molecule has 1 rings (SSSR count). The quantitative estimate of drug-likeness (QED) is 0.709. The number of aliphatic hydroxyl groups excluding tert-OH is 1. The van der Waals surface area contributed by atoms with Crippen LogP contribution in [0.15, 0.2) is 11.7 Å². The Hall–Kier alpha value is -0.450. The Kier molecular flexibility index (Phi) is 4.97. The number of ether oxygens (including phenoxy) is 1. The van der Waals surface area contributed by atoms with Gasteiger partial charge in [-0.05, 0) is 13.3 Å². The molecule has 0 aromatic carbocycles. The molecule has 1 heterocycles. The van der Waals surface area contributed by atoms with Gasteiger partial charge in [0.1, 0.15) is 0 Å². The number of hydrogen-bond donors (Lipinski definition) is 1. The first-order chi connectivity index (χ1) is 6.33. The molecule has 0 saturated carbocycles. The van der Waals surface area contributed by atoms with Crippen molar-refractivity contribution in [2.75, 3.05) is 13.2 Å². The summed E-state index contributed by atoms with van der Waals surface area (Å²) in [5.74, 6) is 0. The fourth-order valence-corrected chi connectivity index (χ4v) is 1.71. The highest BCUT2D eigenvalue weighted by atomic mass is 32.1. The van der Waals surface area contributed by atoms with Gasteiger partial charge in [0.2, 0.25) is 0 Å². The number of rotatable bonds is 6. The van der Waals surface area contributed by atoms with Crippen LogP contribution in [0.1, 0.15) is 18.2 Å². The predicted molar refractivity (Wildman–Crippen MR) is 52.9 cm³/mol. The van der Waals surface area contributed by atoms with Crippen LogP contribution in [0, 0.1) is 0 Å². The van der Waals surface area contributed by atoms with Crippen LogP contribution in [0.3, 0.4) is 0 Å². The molecule has 0 fully saturated rings. The van der Waals surface area contributed by atoms with E-state index < -0.39 is 0 Å². The largest absolute Gasteiger partial charge is 0.393 e. The minimum atomic E-state index is -0.299. The third-order valence-corrected chi connectivity index (χ3v) is 2.52. The van der Waals surface area contributed by atoms with Crippen LogP contribution in [0.2, 0.25) is 0 Å². The maximum Gasteiger partial charge on any atom is 0.0794 e.